The van der Waals surface area contributed by atoms with E-state index in [1.165, 1.54) is 27.9 Å². The number of benzene rings is 4. The van der Waals surface area contributed by atoms with Crippen LogP contribution in [-0.2, 0) is 22.9 Å². The van der Waals surface area contributed by atoms with Crippen LogP contribution in [0.3, 0.4) is 0 Å². The molecule has 1 N–H and O–H groups in total. The van der Waals surface area contributed by atoms with Crippen molar-refractivity contribution in [2.45, 2.75) is 17.7 Å². The van der Waals surface area contributed by atoms with Crippen LogP contribution in [0.25, 0.3) is 10.8 Å². The minimum Gasteiger partial charge on any atom is -0.269 e. The standard InChI is InChI=1S/C27H23N3O3S/c1-30(34(32,33)24-7-3-2-4-8-24)23-16-14-21(15-17-23)27(31)29-28-18-22-13-12-20-11-10-19-6-5-9-25(22)26(19)20/h2-9,12-18H,10-11H2,1H3,(H,29,31)/b28-18-. The van der Waals surface area contributed by atoms with Gasteiger partial charge in [-0.15, -0.1) is 0 Å². The number of hydrazone groups is 1. The first-order chi connectivity index (χ1) is 16.4. The average molecular weight is 470 g/mol. The third-order valence-corrected chi connectivity index (χ3v) is 7.97. The summed E-state index contributed by atoms with van der Waals surface area (Å²) < 4.78 is 26.8. The average Bonchev–Trinajstić information content (AvgIpc) is 3.30. The topological polar surface area (TPSA) is 78.8 Å². The van der Waals surface area contributed by atoms with Gasteiger partial charge in [0.1, 0.15) is 0 Å². The summed E-state index contributed by atoms with van der Waals surface area (Å²) in [6.45, 7) is 0. The highest BCUT2D eigenvalue weighted by molar-refractivity contribution is 7.92. The molecule has 0 unspecified atom stereocenters. The van der Waals surface area contributed by atoms with Crippen LogP contribution in [-0.4, -0.2) is 27.6 Å². The first kappa shape index (κ1) is 21.9. The molecule has 34 heavy (non-hydrogen) atoms. The lowest BCUT2D eigenvalue weighted by atomic mass is 10.0. The van der Waals surface area contributed by atoms with Crippen molar-refractivity contribution in [1.82, 2.24) is 5.43 Å². The molecular weight excluding hydrogens is 446 g/mol. The van der Waals surface area contributed by atoms with Gasteiger partial charge in [0.25, 0.3) is 15.9 Å². The number of carbonyl (C=O) groups is 1. The molecule has 0 atom stereocenters. The van der Waals surface area contributed by atoms with Crippen molar-refractivity contribution in [3.05, 3.63) is 107 Å². The van der Waals surface area contributed by atoms with Gasteiger partial charge in [0.2, 0.25) is 0 Å². The van der Waals surface area contributed by atoms with Gasteiger partial charge in [0.15, 0.2) is 0 Å². The van der Waals surface area contributed by atoms with E-state index in [-0.39, 0.29) is 10.8 Å². The third-order valence-electron chi connectivity index (χ3n) is 6.18. The van der Waals surface area contributed by atoms with Crippen molar-refractivity contribution in [3.8, 4) is 0 Å². The zero-order valence-corrected chi connectivity index (χ0v) is 19.4. The highest BCUT2D eigenvalue weighted by atomic mass is 32.2. The SMILES string of the molecule is CN(c1ccc(C(=O)N/N=C\c2ccc3c4c(cccc24)CC3)cc1)S(=O)(=O)c1ccccc1. The van der Waals surface area contributed by atoms with Crippen LogP contribution in [0.1, 0.15) is 27.0 Å². The molecule has 1 amide bonds. The van der Waals surface area contributed by atoms with Crippen molar-refractivity contribution in [2.24, 2.45) is 5.10 Å². The van der Waals surface area contributed by atoms with Gasteiger partial charge in [0, 0.05) is 18.2 Å². The zero-order chi connectivity index (χ0) is 23.7. The molecule has 170 valence electrons. The molecule has 0 saturated carbocycles. The van der Waals surface area contributed by atoms with Gasteiger partial charge in [-0.3, -0.25) is 9.10 Å². The number of nitrogens with zero attached hydrogens (tertiary/aromatic N) is 2. The summed E-state index contributed by atoms with van der Waals surface area (Å²) in [5.41, 5.74) is 7.05. The maximum absolute atomic E-state index is 12.8. The van der Waals surface area contributed by atoms with Gasteiger partial charge in [-0.05, 0) is 71.1 Å². The fraction of sp³-hybridized carbons (Fsp3) is 0.111. The molecule has 1 aliphatic rings. The molecule has 1 aliphatic carbocycles. The van der Waals surface area contributed by atoms with E-state index in [0.717, 1.165) is 23.8 Å². The van der Waals surface area contributed by atoms with Crippen LogP contribution in [0, 0.1) is 0 Å². The second kappa shape index (κ2) is 8.76. The van der Waals surface area contributed by atoms with Crippen molar-refractivity contribution >= 4 is 38.6 Å². The van der Waals surface area contributed by atoms with Gasteiger partial charge >= 0.3 is 0 Å². The lowest BCUT2D eigenvalue weighted by molar-refractivity contribution is 0.0955. The van der Waals surface area contributed by atoms with E-state index in [2.05, 4.69) is 34.8 Å². The molecule has 0 aliphatic heterocycles. The Labute approximate surface area is 198 Å². The molecule has 5 rings (SSSR count). The molecule has 0 saturated heterocycles. The molecule has 0 aromatic heterocycles. The first-order valence-electron chi connectivity index (χ1n) is 11.0. The summed E-state index contributed by atoms with van der Waals surface area (Å²) in [6, 6.07) is 25.0. The summed E-state index contributed by atoms with van der Waals surface area (Å²) in [6.07, 6.45) is 3.78. The number of sulfonamides is 1. The van der Waals surface area contributed by atoms with Gasteiger partial charge < -0.3 is 0 Å². The summed E-state index contributed by atoms with van der Waals surface area (Å²) in [4.78, 5) is 12.8. The Kier molecular flexibility index (Phi) is 5.63. The number of hydrogen-bond acceptors (Lipinski definition) is 4. The van der Waals surface area contributed by atoms with Gasteiger partial charge in [0.05, 0.1) is 16.8 Å². The quantitative estimate of drug-likeness (QED) is 0.333. The maximum atomic E-state index is 12.8. The third kappa shape index (κ3) is 3.95. The van der Waals surface area contributed by atoms with Crippen molar-refractivity contribution < 1.29 is 13.2 Å². The Hall–Kier alpha value is -3.97. The Morgan fingerprint density at radius 1 is 0.882 bits per heavy atom. The van der Waals surface area contributed by atoms with Crippen LogP contribution in [0.4, 0.5) is 5.69 Å². The second-order valence-electron chi connectivity index (χ2n) is 8.19. The van der Waals surface area contributed by atoms with Crippen LogP contribution >= 0.6 is 0 Å². The summed E-state index contributed by atoms with van der Waals surface area (Å²) in [5.74, 6) is -0.373. The van der Waals surface area contributed by atoms with E-state index in [0.29, 0.717) is 11.3 Å². The van der Waals surface area contributed by atoms with E-state index >= 15 is 0 Å². The number of aryl methyl sites for hydroxylation is 2. The van der Waals surface area contributed by atoms with E-state index in [4.69, 9.17) is 0 Å². The molecule has 7 heteroatoms. The number of carbonyl (C=O) groups excluding carboxylic acids is 1. The minimum absolute atomic E-state index is 0.205. The fourth-order valence-electron chi connectivity index (χ4n) is 4.32. The van der Waals surface area contributed by atoms with Crippen molar-refractivity contribution in [3.63, 3.8) is 0 Å². The number of hydrogen-bond donors (Lipinski definition) is 1. The zero-order valence-electron chi connectivity index (χ0n) is 18.6. The molecule has 0 radical (unpaired) electrons. The molecule has 0 bridgehead atoms. The summed E-state index contributed by atoms with van der Waals surface area (Å²) in [7, 11) is -2.19. The van der Waals surface area contributed by atoms with Crippen LogP contribution < -0.4 is 9.73 Å². The Morgan fingerprint density at radius 2 is 1.59 bits per heavy atom. The lowest BCUT2D eigenvalue weighted by Gasteiger charge is -2.19. The first-order valence-corrected chi connectivity index (χ1v) is 12.4. The highest BCUT2D eigenvalue weighted by Crippen LogP contribution is 2.32. The van der Waals surface area contributed by atoms with Crippen molar-refractivity contribution in [2.75, 3.05) is 11.4 Å². The highest BCUT2D eigenvalue weighted by Gasteiger charge is 2.21. The lowest BCUT2D eigenvalue weighted by Crippen LogP contribution is -2.26. The predicted octanol–water partition coefficient (Wildman–Crippen LogP) is 4.53. The fourth-order valence-corrected chi connectivity index (χ4v) is 5.54. The second-order valence-corrected chi connectivity index (χ2v) is 10.2. The number of nitrogens with one attached hydrogen (secondary N) is 1. The summed E-state index contributed by atoms with van der Waals surface area (Å²) >= 11 is 0. The van der Waals surface area contributed by atoms with Crippen molar-refractivity contribution in [1.29, 1.82) is 0 Å². The van der Waals surface area contributed by atoms with Gasteiger partial charge in [-0.1, -0.05) is 48.5 Å². The van der Waals surface area contributed by atoms with E-state index in [1.54, 1.807) is 60.8 Å². The molecule has 0 heterocycles. The number of anilines is 1. The van der Waals surface area contributed by atoms with Crippen LogP contribution in [0.5, 0.6) is 0 Å². The van der Waals surface area contributed by atoms with E-state index < -0.39 is 10.0 Å². The van der Waals surface area contributed by atoms with Gasteiger partial charge in [-0.2, -0.15) is 5.10 Å². The largest absolute Gasteiger partial charge is 0.271 e. The Bertz CT molecular complexity index is 1500. The minimum atomic E-state index is -3.68. The number of amides is 1. The molecule has 0 spiro atoms. The molecule has 4 aromatic carbocycles. The van der Waals surface area contributed by atoms with E-state index in [1.807, 2.05) is 6.07 Å². The molecular formula is C27H23N3O3S. The Morgan fingerprint density at radius 3 is 2.32 bits per heavy atom. The van der Waals surface area contributed by atoms with Crippen LogP contribution in [0.2, 0.25) is 0 Å². The smallest absolute Gasteiger partial charge is 0.269 e. The normalized spacial score (nSPS) is 12.9. The predicted molar refractivity (Wildman–Crippen MR) is 135 cm³/mol. The monoisotopic (exact) mass is 469 g/mol. The summed E-state index contributed by atoms with van der Waals surface area (Å²) in [5, 5.41) is 6.58. The van der Waals surface area contributed by atoms with Gasteiger partial charge in [-0.25, -0.2) is 13.8 Å². The number of rotatable bonds is 6. The van der Waals surface area contributed by atoms with E-state index in [9.17, 15) is 13.2 Å². The molecule has 6 nitrogen and oxygen atoms in total. The Balaban J connectivity index is 1.29. The van der Waals surface area contributed by atoms with Crippen LogP contribution in [0.15, 0.2) is 94.9 Å². The molecule has 0 fully saturated rings. The molecule has 4 aromatic rings. The maximum Gasteiger partial charge on any atom is 0.271 e.